The molecule has 2 rings (SSSR count). The fourth-order valence-corrected chi connectivity index (χ4v) is 3.46. The van der Waals surface area contributed by atoms with Crippen molar-refractivity contribution >= 4 is 22.7 Å². The molecule has 1 aromatic rings. The van der Waals surface area contributed by atoms with E-state index in [1.165, 1.54) is 0 Å². The van der Waals surface area contributed by atoms with Gasteiger partial charge in [-0.3, -0.25) is 13.8 Å². The molecule has 5 nitrogen and oxygen atoms in total. The number of hydrogen-bond donors (Lipinski definition) is 1. The minimum absolute atomic E-state index is 0.0385. The van der Waals surface area contributed by atoms with Crippen molar-refractivity contribution in [1.82, 2.24) is 4.90 Å². The minimum atomic E-state index is -1.06. The molecule has 1 atom stereocenters. The van der Waals surface area contributed by atoms with Crippen LogP contribution in [-0.4, -0.2) is 44.4 Å². The van der Waals surface area contributed by atoms with Crippen LogP contribution in [0.3, 0.4) is 0 Å². The van der Waals surface area contributed by atoms with Crippen LogP contribution in [-0.2, 0) is 15.6 Å². The summed E-state index contributed by atoms with van der Waals surface area (Å²) in [6, 6.07) is 6.85. The predicted octanol–water partition coefficient (Wildman–Crippen LogP) is 2.14. The standard InChI is InChI=1S/C16H21NO4S/c1-11(2)22(21)14-5-3-12(4-6-14)15(18)17-9-7-13(8-10-17)16(19)20/h3-6,11,13H,7-10H2,1-2H3,(H,19,20)/t22-/m1/s1. The van der Waals surface area contributed by atoms with Gasteiger partial charge in [0.05, 0.1) is 16.7 Å². The third-order valence-corrected chi connectivity index (χ3v) is 5.49. The zero-order valence-corrected chi connectivity index (χ0v) is 13.6. The molecule has 0 saturated carbocycles. The first-order valence-electron chi connectivity index (χ1n) is 7.43. The van der Waals surface area contributed by atoms with Crippen LogP contribution in [0.4, 0.5) is 0 Å². The van der Waals surface area contributed by atoms with Crippen LogP contribution in [0.15, 0.2) is 29.2 Å². The zero-order valence-electron chi connectivity index (χ0n) is 12.8. The molecule has 0 bridgehead atoms. The van der Waals surface area contributed by atoms with E-state index in [4.69, 9.17) is 5.11 Å². The van der Waals surface area contributed by atoms with Crippen molar-refractivity contribution in [2.75, 3.05) is 13.1 Å². The predicted molar refractivity (Wildman–Crippen MR) is 84.2 cm³/mol. The second kappa shape index (κ2) is 7.05. The van der Waals surface area contributed by atoms with Crippen molar-refractivity contribution in [3.63, 3.8) is 0 Å². The Morgan fingerprint density at radius 2 is 1.73 bits per heavy atom. The molecule has 1 saturated heterocycles. The van der Waals surface area contributed by atoms with E-state index in [9.17, 15) is 13.8 Å². The quantitative estimate of drug-likeness (QED) is 0.921. The number of carbonyl (C=O) groups excluding carboxylic acids is 1. The van der Waals surface area contributed by atoms with Gasteiger partial charge in [0.1, 0.15) is 0 Å². The fourth-order valence-electron chi connectivity index (χ4n) is 2.52. The molecule has 0 aromatic heterocycles. The molecule has 1 aliphatic heterocycles. The summed E-state index contributed by atoms with van der Waals surface area (Å²) in [5, 5.41) is 9.01. The average molecular weight is 323 g/mol. The van der Waals surface area contributed by atoms with Gasteiger partial charge in [0, 0.05) is 28.8 Å². The number of rotatable bonds is 4. The summed E-state index contributed by atoms with van der Waals surface area (Å²) in [6.45, 7) is 4.72. The number of piperidine rings is 1. The summed E-state index contributed by atoms with van der Waals surface area (Å²) in [7, 11) is -1.06. The maximum atomic E-state index is 12.4. The Labute approximate surface area is 132 Å². The van der Waals surface area contributed by atoms with Gasteiger partial charge in [0.25, 0.3) is 5.91 Å². The van der Waals surface area contributed by atoms with Gasteiger partial charge in [-0.15, -0.1) is 0 Å². The summed E-state index contributed by atoms with van der Waals surface area (Å²) >= 11 is 0. The SMILES string of the molecule is CC(C)[S@@](=O)c1ccc(C(=O)N2CCC(C(=O)O)CC2)cc1. The van der Waals surface area contributed by atoms with Crippen LogP contribution in [0, 0.1) is 5.92 Å². The number of nitrogens with zero attached hydrogens (tertiary/aromatic N) is 1. The van der Waals surface area contributed by atoms with Crippen LogP contribution in [0.2, 0.25) is 0 Å². The van der Waals surface area contributed by atoms with Crippen LogP contribution >= 0.6 is 0 Å². The van der Waals surface area contributed by atoms with E-state index in [0.29, 0.717) is 31.5 Å². The van der Waals surface area contributed by atoms with E-state index < -0.39 is 16.8 Å². The molecule has 6 heteroatoms. The molecule has 1 aromatic carbocycles. The van der Waals surface area contributed by atoms with Crippen molar-refractivity contribution in [1.29, 1.82) is 0 Å². The Kier molecular flexibility index (Phi) is 5.34. The normalized spacial score (nSPS) is 17.5. The second-order valence-corrected chi connectivity index (χ2v) is 7.78. The molecule has 0 spiro atoms. The fraction of sp³-hybridized carbons (Fsp3) is 0.500. The van der Waals surface area contributed by atoms with E-state index in [2.05, 4.69) is 0 Å². The monoisotopic (exact) mass is 323 g/mol. The van der Waals surface area contributed by atoms with Crippen LogP contribution < -0.4 is 0 Å². The topological polar surface area (TPSA) is 74.7 Å². The summed E-state index contributed by atoms with van der Waals surface area (Å²) in [6.07, 6.45) is 0.993. The lowest BCUT2D eigenvalue weighted by Crippen LogP contribution is -2.40. The van der Waals surface area contributed by atoms with Gasteiger partial charge in [-0.25, -0.2) is 0 Å². The number of carboxylic acid groups (broad SMARTS) is 1. The lowest BCUT2D eigenvalue weighted by molar-refractivity contribution is -0.143. The van der Waals surface area contributed by atoms with E-state index in [1.807, 2.05) is 13.8 Å². The summed E-state index contributed by atoms with van der Waals surface area (Å²) in [4.78, 5) is 25.7. The highest BCUT2D eigenvalue weighted by Crippen LogP contribution is 2.20. The van der Waals surface area contributed by atoms with E-state index in [0.717, 1.165) is 4.90 Å². The maximum Gasteiger partial charge on any atom is 0.306 e. The Morgan fingerprint density at radius 3 is 2.18 bits per heavy atom. The van der Waals surface area contributed by atoms with Gasteiger partial charge in [-0.05, 0) is 37.1 Å². The smallest absolute Gasteiger partial charge is 0.306 e. The lowest BCUT2D eigenvalue weighted by Gasteiger charge is -2.30. The third kappa shape index (κ3) is 3.74. The average Bonchev–Trinajstić information content (AvgIpc) is 2.53. The molecule has 0 unspecified atom stereocenters. The second-order valence-electron chi connectivity index (χ2n) is 5.78. The summed E-state index contributed by atoms with van der Waals surface area (Å²) < 4.78 is 12.0. The molecule has 1 fully saturated rings. The van der Waals surface area contributed by atoms with Gasteiger partial charge in [0.15, 0.2) is 0 Å². The van der Waals surface area contributed by atoms with Gasteiger partial charge in [-0.1, -0.05) is 13.8 Å². The van der Waals surface area contributed by atoms with Gasteiger partial charge in [0.2, 0.25) is 0 Å². The van der Waals surface area contributed by atoms with Gasteiger partial charge < -0.3 is 10.0 Å². The van der Waals surface area contributed by atoms with E-state index in [1.54, 1.807) is 29.2 Å². The Balaban J connectivity index is 2.02. The molecule has 22 heavy (non-hydrogen) atoms. The first-order chi connectivity index (χ1) is 10.4. The van der Waals surface area contributed by atoms with Crippen LogP contribution in [0.5, 0.6) is 0 Å². The minimum Gasteiger partial charge on any atom is -0.481 e. The summed E-state index contributed by atoms with van der Waals surface area (Å²) in [5.41, 5.74) is 0.554. The highest BCUT2D eigenvalue weighted by Gasteiger charge is 2.27. The number of likely N-dealkylation sites (tertiary alicyclic amines) is 1. The van der Waals surface area contributed by atoms with Crippen molar-refractivity contribution in [2.24, 2.45) is 5.92 Å². The first kappa shape index (κ1) is 16.7. The molecule has 120 valence electrons. The number of aliphatic carboxylic acids is 1. The molecule has 1 amide bonds. The van der Waals surface area contributed by atoms with E-state index in [-0.39, 0.29) is 17.1 Å². The van der Waals surface area contributed by atoms with Gasteiger partial charge >= 0.3 is 5.97 Å². The molecular weight excluding hydrogens is 302 g/mol. The third-order valence-electron chi connectivity index (χ3n) is 3.89. The maximum absolute atomic E-state index is 12.4. The van der Waals surface area contributed by atoms with Crippen molar-refractivity contribution in [2.45, 2.75) is 36.8 Å². The molecule has 0 radical (unpaired) electrons. The molecule has 1 heterocycles. The number of carbonyl (C=O) groups is 2. The van der Waals surface area contributed by atoms with Crippen molar-refractivity contribution < 1.29 is 18.9 Å². The lowest BCUT2D eigenvalue weighted by atomic mass is 9.96. The Morgan fingerprint density at radius 1 is 1.18 bits per heavy atom. The largest absolute Gasteiger partial charge is 0.481 e. The molecule has 1 aliphatic rings. The zero-order chi connectivity index (χ0) is 16.3. The number of carboxylic acids is 1. The summed E-state index contributed by atoms with van der Waals surface area (Å²) in [5.74, 6) is -1.22. The van der Waals surface area contributed by atoms with Gasteiger partial charge in [-0.2, -0.15) is 0 Å². The Hall–Kier alpha value is -1.69. The number of amides is 1. The Bertz CT molecular complexity index is 574. The highest BCUT2D eigenvalue weighted by molar-refractivity contribution is 7.85. The highest BCUT2D eigenvalue weighted by atomic mass is 32.2. The number of hydrogen-bond acceptors (Lipinski definition) is 3. The number of benzene rings is 1. The van der Waals surface area contributed by atoms with Crippen LogP contribution in [0.1, 0.15) is 37.0 Å². The molecule has 0 aliphatic carbocycles. The molecule has 1 N–H and O–H groups in total. The van der Waals surface area contributed by atoms with E-state index >= 15 is 0 Å². The first-order valence-corrected chi connectivity index (χ1v) is 8.64. The van der Waals surface area contributed by atoms with Crippen LogP contribution in [0.25, 0.3) is 0 Å². The van der Waals surface area contributed by atoms with Crippen molar-refractivity contribution in [3.05, 3.63) is 29.8 Å². The molecular formula is C16H21NO4S. The van der Waals surface area contributed by atoms with Crippen molar-refractivity contribution in [3.8, 4) is 0 Å².